The van der Waals surface area contributed by atoms with Gasteiger partial charge >= 0.3 is 0 Å². The van der Waals surface area contributed by atoms with E-state index < -0.39 is 18.1 Å². The quantitative estimate of drug-likeness (QED) is 0.925. The molecule has 0 radical (unpaired) electrons. The fourth-order valence-corrected chi connectivity index (χ4v) is 3.35. The molecule has 0 aromatic heterocycles. The topological polar surface area (TPSA) is 85.0 Å². The fourth-order valence-electron chi connectivity index (χ4n) is 3.35. The van der Waals surface area contributed by atoms with Crippen molar-refractivity contribution in [2.75, 3.05) is 4.90 Å². The van der Waals surface area contributed by atoms with Crippen LogP contribution in [0.1, 0.15) is 17.5 Å². The van der Waals surface area contributed by atoms with E-state index in [0.29, 0.717) is 18.5 Å². The van der Waals surface area contributed by atoms with Crippen molar-refractivity contribution in [1.82, 2.24) is 0 Å². The highest BCUT2D eigenvalue weighted by molar-refractivity contribution is 6.09. The number of rotatable bonds is 3. The van der Waals surface area contributed by atoms with E-state index in [1.54, 1.807) is 0 Å². The second kappa shape index (κ2) is 6.05. The number of hydrogen-bond acceptors (Lipinski definition) is 4. The molecule has 2 amide bonds. The molecule has 2 heterocycles. The van der Waals surface area contributed by atoms with Crippen molar-refractivity contribution in [3.63, 3.8) is 0 Å². The summed E-state index contributed by atoms with van der Waals surface area (Å²) in [7, 11) is 0. The van der Waals surface area contributed by atoms with Crippen molar-refractivity contribution in [3.05, 3.63) is 65.7 Å². The molecule has 126 valence electrons. The average molecular weight is 335 g/mol. The van der Waals surface area contributed by atoms with Crippen LogP contribution in [0.5, 0.6) is 0 Å². The summed E-state index contributed by atoms with van der Waals surface area (Å²) in [5.74, 6) is -0.810. The molecule has 4 rings (SSSR count). The van der Waals surface area contributed by atoms with Crippen molar-refractivity contribution in [1.29, 1.82) is 0 Å². The monoisotopic (exact) mass is 335 g/mol. The van der Waals surface area contributed by atoms with Gasteiger partial charge in [-0.05, 0) is 17.2 Å². The molecule has 2 N–H and O–H groups in total. The molecular formula is C19H17N3O3. The van der Waals surface area contributed by atoms with Crippen molar-refractivity contribution in [3.8, 4) is 0 Å². The number of nitrogens with two attached hydrogens (primary N) is 1. The van der Waals surface area contributed by atoms with Crippen LogP contribution in [-0.2, 0) is 20.8 Å². The molecule has 6 nitrogen and oxygen atoms in total. The molecule has 0 spiro atoms. The molecule has 2 atom stereocenters. The summed E-state index contributed by atoms with van der Waals surface area (Å²) in [5, 5.41) is 4.06. The second-order valence-corrected chi connectivity index (χ2v) is 6.16. The predicted octanol–water partition coefficient (Wildman–Crippen LogP) is 1.62. The largest absolute Gasteiger partial charge is 0.382 e. The van der Waals surface area contributed by atoms with E-state index in [-0.39, 0.29) is 5.91 Å². The van der Waals surface area contributed by atoms with E-state index >= 15 is 0 Å². The lowest BCUT2D eigenvalue weighted by atomic mass is 10.0. The molecule has 0 unspecified atom stereocenters. The fraction of sp³-hybridized carbons (Fsp3) is 0.211. The van der Waals surface area contributed by atoms with Gasteiger partial charge in [-0.1, -0.05) is 53.7 Å². The maximum Gasteiger partial charge on any atom is 0.272 e. The van der Waals surface area contributed by atoms with Gasteiger partial charge in [-0.3, -0.25) is 14.5 Å². The maximum atomic E-state index is 13.0. The number of primary amides is 1. The summed E-state index contributed by atoms with van der Waals surface area (Å²) in [4.78, 5) is 31.7. The van der Waals surface area contributed by atoms with Gasteiger partial charge in [0.2, 0.25) is 12.0 Å². The Labute approximate surface area is 144 Å². The van der Waals surface area contributed by atoms with Gasteiger partial charge in [0.05, 0.1) is 5.71 Å². The summed E-state index contributed by atoms with van der Waals surface area (Å²) < 4.78 is 0. The lowest BCUT2D eigenvalue weighted by Crippen LogP contribution is -2.49. The van der Waals surface area contributed by atoms with Crippen LogP contribution in [-0.4, -0.2) is 29.7 Å². The normalized spacial score (nSPS) is 21.4. The predicted molar refractivity (Wildman–Crippen MR) is 93.1 cm³/mol. The first-order valence-corrected chi connectivity index (χ1v) is 8.13. The lowest BCUT2D eigenvalue weighted by molar-refractivity contribution is -0.131. The molecular weight excluding hydrogens is 318 g/mol. The van der Waals surface area contributed by atoms with Crippen molar-refractivity contribution < 1.29 is 14.4 Å². The first kappa shape index (κ1) is 15.4. The SMILES string of the molecule is NC(=O)[C@@H]1Cc2ccccc2N1C(=O)[C@H]1CC(c2ccccc2)=NO1. The third-order valence-electron chi connectivity index (χ3n) is 4.59. The molecule has 2 aromatic carbocycles. The van der Waals surface area contributed by atoms with Crippen LogP contribution in [0, 0.1) is 0 Å². The van der Waals surface area contributed by atoms with Crippen LogP contribution in [0.15, 0.2) is 59.8 Å². The van der Waals surface area contributed by atoms with E-state index in [2.05, 4.69) is 5.16 Å². The van der Waals surface area contributed by atoms with Gasteiger partial charge in [-0.15, -0.1) is 0 Å². The molecule has 6 heteroatoms. The second-order valence-electron chi connectivity index (χ2n) is 6.16. The number of anilines is 1. The standard InChI is InChI=1S/C19H17N3O3/c20-18(23)16-10-13-8-4-5-9-15(13)22(16)19(24)17-11-14(21-25-17)12-6-2-1-3-7-12/h1-9,16-17H,10-11H2,(H2,20,23)/t16-,17+/m0/s1. The Kier molecular flexibility index (Phi) is 3.72. The van der Waals surface area contributed by atoms with Crippen LogP contribution >= 0.6 is 0 Å². The van der Waals surface area contributed by atoms with E-state index in [1.165, 1.54) is 4.90 Å². The molecule has 0 bridgehead atoms. The minimum atomic E-state index is -0.747. The molecule has 2 aliphatic rings. The number of oxime groups is 1. The molecule has 0 saturated heterocycles. The molecule has 2 aliphatic heterocycles. The minimum absolute atomic E-state index is 0.288. The third-order valence-corrected chi connectivity index (χ3v) is 4.59. The third kappa shape index (κ3) is 2.65. The average Bonchev–Trinajstić information content (AvgIpc) is 3.27. The Morgan fingerprint density at radius 3 is 2.52 bits per heavy atom. The zero-order valence-electron chi connectivity index (χ0n) is 13.5. The zero-order valence-corrected chi connectivity index (χ0v) is 13.5. The van der Waals surface area contributed by atoms with Gasteiger partial charge in [-0.2, -0.15) is 0 Å². The van der Waals surface area contributed by atoms with Gasteiger partial charge in [-0.25, -0.2) is 0 Å². The molecule has 0 aliphatic carbocycles. The molecule has 0 fully saturated rings. The molecule has 0 saturated carbocycles. The number of carbonyl (C=O) groups is 2. The van der Waals surface area contributed by atoms with Crippen molar-refractivity contribution in [2.24, 2.45) is 10.9 Å². The summed E-state index contributed by atoms with van der Waals surface area (Å²) >= 11 is 0. The molecule has 25 heavy (non-hydrogen) atoms. The van der Waals surface area contributed by atoms with Crippen molar-refractivity contribution >= 4 is 23.2 Å². The Balaban J connectivity index is 1.58. The highest BCUT2D eigenvalue weighted by Gasteiger charge is 2.42. The van der Waals surface area contributed by atoms with E-state index in [0.717, 1.165) is 16.8 Å². The number of amides is 2. The number of fused-ring (bicyclic) bond motifs is 1. The van der Waals surface area contributed by atoms with Gasteiger partial charge in [0.1, 0.15) is 6.04 Å². The Bertz CT molecular complexity index is 863. The van der Waals surface area contributed by atoms with Crippen molar-refractivity contribution in [2.45, 2.75) is 25.0 Å². The minimum Gasteiger partial charge on any atom is -0.382 e. The van der Waals surface area contributed by atoms with E-state index in [1.807, 2.05) is 54.6 Å². The molecule has 2 aromatic rings. The van der Waals surface area contributed by atoms with E-state index in [9.17, 15) is 9.59 Å². The van der Waals surface area contributed by atoms with Gasteiger partial charge in [0.15, 0.2) is 0 Å². The van der Waals surface area contributed by atoms with Crippen LogP contribution in [0.2, 0.25) is 0 Å². The number of hydrogen-bond donors (Lipinski definition) is 1. The first-order valence-electron chi connectivity index (χ1n) is 8.13. The van der Waals surface area contributed by atoms with Crippen LogP contribution in [0.25, 0.3) is 0 Å². The number of carbonyl (C=O) groups excluding carboxylic acids is 2. The van der Waals surface area contributed by atoms with E-state index in [4.69, 9.17) is 10.6 Å². The highest BCUT2D eigenvalue weighted by atomic mass is 16.6. The van der Waals surface area contributed by atoms with Crippen LogP contribution in [0.3, 0.4) is 0 Å². The summed E-state index contributed by atoms with van der Waals surface area (Å²) in [6, 6.07) is 16.3. The summed E-state index contributed by atoms with van der Waals surface area (Å²) in [5.41, 5.74) is 8.81. The Hall–Kier alpha value is -3.15. The number of para-hydroxylation sites is 1. The number of benzene rings is 2. The highest BCUT2D eigenvalue weighted by Crippen LogP contribution is 2.33. The summed E-state index contributed by atoms with van der Waals surface area (Å²) in [6.07, 6.45) is 0.0480. The summed E-state index contributed by atoms with van der Waals surface area (Å²) in [6.45, 7) is 0. The maximum absolute atomic E-state index is 13.0. The van der Waals surface area contributed by atoms with Crippen LogP contribution in [0.4, 0.5) is 5.69 Å². The van der Waals surface area contributed by atoms with Gasteiger partial charge in [0.25, 0.3) is 5.91 Å². The van der Waals surface area contributed by atoms with Gasteiger partial charge in [0, 0.05) is 18.5 Å². The van der Waals surface area contributed by atoms with Gasteiger partial charge < -0.3 is 10.6 Å². The lowest BCUT2D eigenvalue weighted by Gasteiger charge is -2.25. The Morgan fingerprint density at radius 1 is 1.04 bits per heavy atom. The van der Waals surface area contributed by atoms with Crippen LogP contribution < -0.4 is 10.6 Å². The first-order chi connectivity index (χ1) is 12.1. The number of nitrogens with zero attached hydrogens (tertiary/aromatic N) is 2. The smallest absolute Gasteiger partial charge is 0.272 e. The Morgan fingerprint density at radius 2 is 1.76 bits per heavy atom. The zero-order chi connectivity index (χ0) is 17.4.